The van der Waals surface area contributed by atoms with Crippen LogP contribution in [0, 0.1) is 0 Å². The minimum atomic E-state index is 0.723. The molecule has 0 atom stereocenters. The van der Waals surface area contributed by atoms with Crippen molar-refractivity contribution in [2.75, 3.05) is 0 Å². The lowest BCUT2D eigenvalue weighted by atomic mass is 9.89. The molecule has 8 aromatic rings. The number of hydrogen-bond acceptors (Lipinski definition) is 2. The summed E-state index contributed by atoms with van der Waals surface area (Å²) < 4.78 is 0. The van der Waals surface area contributed by atoms with Crippen LogP contribution >= 0.6 is 0 Å². The second-order valence-electron chi connectivity index (χ2n) is 11.8. The predicted molar refractivity (Wildman–Crippen MR) is 191 cm³/mol. The Balaban J connectivity index is 1.14. The summed E-state index contributed by atoms with van der Waals surface area (Å²) in [6.07, 6.45) is 0. The number of fused-ring (bicyclic) bond motifs is 3. The van der Waals surface area contributed by atoms with E-state index in [2.05, 4.69) is 133 Å². The third-order valence-electron chi connectivity index (χ3n) is 9.08. The summed E-state index contributed by atoms with van der Waals surface area (Å²) in [4.78, 5) is 9.98. The molecule has 0 saturated heterocycles. The van der Waals surface area contributed by atoms with E-state index in [-0.39, 0.29) is 0 Å². The molecule has 1 aliphatic carbocycles. The maximum Gasteiger partial charge on any atom is 0.160 e. The number of benzene rings is 7. The van der Waals surface area contributed by atoms with Gasteiger partial charge in [-0.1, -0.05) is 164 Å². The molecule has 0 fully saturated rings. The summed E-state index contributed by atoms with van der Waals surface area (Å²) in [6, 6.07) is 60.2. The maximum absolute atomic E-state index is 5.03. The van der Waals surface area contributed by atoms with Gasteiger partial charge in [-0.05, 0) is 61.3 Å². The largest absolute Gasteiger partial charge is 0.228 e. The highest BCUT2D eigenvalue weighted by Gasteiger charge is 2.23. The molecule has 0 N–H and O–H groups in total. The average Bonchev–Trinajstić information content (AvgIpc) is 3.47. The number of aromatic nitrogens is 2. The molecule has 0 spiro atoms. The fraction of sp³-hybridized carbons (Fsp3) is 0. The van der Waals surface area contributed by atoms with Crippen molar-refractivity contribution in [3.05, 3.63) is 170 Å². The lowest BCUT2D eigenvalue weighted by Crippen LogP contribution is -1.96. The first-order chi connectivity index (χ1) is 22.8. The van der Waals surface area contributed by atoms with Crippen molar-refractivity contribution < 1.29 is 0 Å². The van der Waals surface area contributed by atoms with Crippen molar-refractivity contribution in [2.24, 2.45) is 0 Å². The van der Waals surface area contributed by atoms with Gasteiger partial charge in [0.25, 0.3) is 0 Å². The van der Waals surface area contributed by atoms with E-state index in [1.165, 1.54) is 55.3 Å². The van der Waals surface area contributed by atoms with Crippen LogP contribution in [0.4, 0.5) is 0 Å². The zero-order valence-corrected chi connectivity index (χ0v) is 25.1. The van der Waals surface area contributed by atoms with E-state index in [0.717, 1.165) is 33.9 Å². The molecular weight excluding hydrogens is 556 g/mol. The van der Waals surface area contributed by atoms with Gasteiger partial charge in [0.15, 0.2) is 5.82 Å². The van der Waals surface area contributed by atoms with Gasteiger partial charge in [-0.25, -0.2) is 9.97 Å². The van der Waals surface area contributed by atoms with Gasteiger partial charge in [-0.3, -0.25) is 0 Å². The van der Waals surface area contributed by atoms with Crippen molar-refractivity contribution >= 4 is 10.8 Å². The molecule has 2 heteroatoms. The smallest absolute Gasteiger partial charge is 0.160 e. The minimum absolute atomic E-state index is 0.723. The zero-order valence-electron chi connectivity index (χ0n) is 25.1. The van der Waals surface area contributed by atoms with E-state index < -0.39 is 0 Å². The molecule has 0 unspecified atom stereocenters. The van der Waals surface area contributed by atoms with Crippen LogP contribution in [0.15, 0.2) is 170 Å². The van der Waals surface area contributed by atoms with E-state index in [0.29, 0.717) is 0 Å². The Morgan fingerprint density at radius 3 is 1.39 bits per heavy atom. The molecular formula is C44H28N2. The Kier molecular flexibility index (Phi) is 6.17. The van der Waals surface area contributed by atoms with Gasteiger partial charge >= 0.3 is 0 Å². The molecule has 0 saturated carbocycles. The lowest BCUT2D eigenvalue weighted by Gasteiger charge is -2.15. The van der Waals surface area contributed by atoms with Gasteiger partial charge < -0.3 is 0 Å². The highest BCUT2D eigenvalue weighted by molar-refractivity contribution is 6.19. The van der Waals surface area contributed by atoms with Crippen LogP contribution in [-0.2, 0) is 0 Å². The van der Waals surface area contributed by atoms with Gasteiger partial charge in [0, 0.05) is 16.7 Å². The van der Waals surface area contributed by atoms with Crippen molar-refractivity contribution in [3.63, 3.8) is 0 Å². The van der Waals surface area contributed by atoms with Crippen molar-refractivity contribution in [2.45, 2.75) is 0 Å². The standard InChI is InChI=1S/C44H28N2/c1-3-12-30(13-4-1)41-28-42(46-44(45-41)32-14-5-2-6-15-32)31-24-22-29(23-25-31)33-16-7-8-17-34(33)37-26-27-40-36-19-10-9-18-35(36)38-20-11-21-39(37)43(38)40/h1-28H. The Hall–Kier alpha value is -6.12. The quantitative estimate of drug-likeness (QED) is 0.201. The highest BCUT2D eigenvalue weighted by atomic mass is 14.9. The molecule has 1 heterocycles. The lowest BCUT2D eigenvalue weighted by molar-refractivity contribution is 1.18. The van der Waals surface area contributed by atoms with Gasteiger partial charge in [0.2, 0.25) is 0 Å². The third-order valence-corrected chi connectivity index (χ3v) is 9.08. The monoisotopic (exact) mass is 584 g/mol. The predicted octanol–water partition coefficient (Wildman–Crippen LogP) is 11.6. The van der Waals surface area contributed by atoms with Gasteiger partial charge in [-0.2, -0.15) is 0 Å². The Labute approximate surface area is 268 Å². The summed E-state index contributed by atoms with van der Waals surface area (Å²) in [5.41, 5.74) is 15.1. The van der Waals surface area contributed by atoms with Gasteiger partial charge in [0.05, 0.1) is 11.4 Å². The minimum Gasteiger partial charge on any atom is -0.228 e. The first-order valence-electron chi connectivity index (χ1n) is 15.7. The molecule has 0 radical (unpaired) electrons. The number of rotatable bonds is 5. The molecule has 0 aliphatic heterocycles. The second-order valence-corrected chi connectivity index (χ2v) is 11.8. The first kappa shape index (κ1) is 26.3. The van der Waals surface area contributed by atoms with E-state index in [4.69, 9.17) is 9.97 Å². The van der Waals surface area contributed by atoms with Crippen LogP contribution in [0.2, 0.25) is 0 Å². The average molecular weight is 585 g/mol. The Bertz CT molecular complexity index is 2300. The molecule has 1 aliphatic rings. The number of hydrogen-bond donors (Lipinski definition) is 0. The van der Waals surface area contributed by atoms with Crippen LogP contribution in [0.1, 0.15) is 0 Å². The van der Waals surface area contributed by atoms with Crippen LogP contribution in [0.5, 0.6) is 0 Å². The molecule has 0 amide bonds. The number of nitrogens with zero attached hydrogens (tertiary/aromatic N) is 2. The van der Waals surface area contributed by atoms with Crippen LogP contribution in [0.25, 0.3) is 89.2 Å². The summed E-state index contributed by atoms with van der Waals surface area (Å²) in [7, 11) is 0. The van der Waals surface area contributed by atoms with E-state index in [1.807, 2.05) is 36.4 Å². The SMILES string of the molecule is c1ccc(-c2cc(-c3ccc(-c4ccccc4-c4ccc5c6c(cccc46)-c4ccccc4-5)cc3)nc(-c3ccccc3)n2)cc1. The topological polar surface area (TPSA) is 25.8 Å². The van der Waals surface area contributed by atoms with Crippen molar-refractivity contribution in [1.29, 1.82) is 0 Å². The normalized spacial score (nSPS) is 11.5. The molecule has 7 aromatic carbocycles. The van der Waals surface area contributed by atoms with Crippen molar-refractivity contribution in [1.82, 2.24) is 9.97 Å². The zero-order chi connectivity index (χ0) is 30.5. The fourth-order valence-electron chi connectivity index (χ4n) is 6.90. The van der Waals surface area contributed by atoms with Gasteiger partial charge in [-0.15, -0.1) is 0 Å². The molecule has 0 bridgehead atoms. The molecule has 1 aromatic heterocycles. The van der Waals surface area contributed by atoms with Gasteiger partial charge in [0.1, 0.15) is 0 Å². The molecule has 214 valence electrons. The second kappa shape index (κ2) is 10.8. The van der Waals surface area contributed by atoms with Crippen LogP contribution in [-0.4, -0.2) is 9.97 Å². The summed E-state index contributed by atoms with van der Waals surface area (Å²) in [5.74, 6) is 0.723. The van der Waals surface area contributed by atoms with E-state index in [1.54, 1.807) is 0 Å². The Morgan fingerprint density at radius 2 is 0.739 bits per heavy atom. The molecule has 2 nitrogen and oxygen atoms in total. The summed E-state index contributed by atoms with van der Waals surface area (Å²) in [5, 5.41) is 2.64. The third kappa shape index (κ3) is 4.35. The van der Waals surface area contributed by atoms with Crippen molar-refractivity contribution in [3.8, 4) is 78.4 Å². The summed E-state index contributed by atoms with van der Waals surface area (Å²) >= 11 is 0. The first-order valence-corrected chi connectivity index (χ1v) is 15.7. The summed E-state index contributed by atoms with van der Waals surface area (Å²) in [6.45, 7) is 0. The maximum atomic E-state index is 5.03. The van der Waals surface area contributed by atoms with E-state index in [9.17, 15) is 0 Å². The highest BCUT2D eigenvalue weighted by Crippen LogP contribution is 2.50. The molecule has 46 heavy (non-hydrogen) atoms. The van der Waals surface area contributed by atoms with Crippen LogP contribution < -0.4 is 0 Å². The van der Waals surface area contributed by atoms with E-state index >= 15 is 0 Å². The molecule has 9 rings (SSSR count). The fourth-order valence-corrected chi connectivity index (χ4v) is 6.90. The van der Waals surface area contributed by atoms with Crippen LogP contribution in [0.3, 0.4) is 0 Å². The Morgan fingerprint density at radius 1 is 0.283 bits per heavy atom.